The molecule has 1 aromatic carbocycles. The van der Waals surface area contributed by atoms with Crippen molar-refractivity contribution in [2.24, 2.45) is 0 Å². The highest BCUT2D eigenvalue weighted by Crippen LogP contribution is 2.46. The molecule has 3 heterocycles. The molecular formula is C29H35N7OS. The van der Waals surface area contributed by atoms with Gasteiger partial charge >= 0.3 is 0 Å². The first-order chi connectivity index (χ1) is 18.5. The third-order valence-electron chi connectivity index (χ3n) is 8.06. The van der Waals surface area contributed by atoms with E-state index in [0.29, 0.717) is 0 Å². The maximum absolute atomic E-state index is 12.0. The van der Waals surface area contributed by atoms with Gasteiger partial charge in [0.25, 0.3) is 5.91 Å². The van der Waals surface area contributed by atoms with Crippen molar-refractivity contribution in [3.63, 3.8) is 0 Å². The number of piperazine rings is 1. The fraction of sp³-hybridized carbons (Fsp3) is 0.448. The standard InChI is InChI=1S/C29H35N7OS/c1-19-20(2)38-29(33-19)25-23-9-4-5-10-24(23)27-26(25)31-18-32-36(27)35-15-13-34(14-16-35)12-11-21-7-6-8-22(17-21)28(37)30-3/h6-8,17-18H,4-5,9-16H2,1-3H3,(H,30,37). The number of hydrogen-bond acceptors (Lipinski definition) is 7. The quantitative estimate of drug-likeness (QED) is 0.409. The highest BCUT2D eigenvalue weighted by atomic mass is 32.1. The molecule has 1 N–H and O–H groups in total. The molecule has 0 bridgehead atoms. The van der Waals surface area contributed by atoms with Gasteiger partial charge in [0.1, 0.15) is 22.7 Å². The minimum atomic E-state index is -0.0355. The summed E-state index contributed by atoms with van der Waals surface area (Å²) in [6.45, 7) is 9.03. The maximum Gasteiger partial charge on any atom is 0.251 e. The second kappa shape index (κ2) is 10.5. The van der Waals surface area contributed by atoms with Crippen molar-refractivity contribution in [3.05, 3.63) is 63.4 Å². The third-order valence-corrected chi connectivity index (χ3v) is 9.15. The molecule has 0 radical (unpaired) electrons. The molecule has 1 aromatic heterocycles. The summed E-state index contributed by atoms with van der Waals surface area (Å²) in [5.41, 5.74) is 9.37. The maximum atomic E-state index is 12.0. The molecule has 2 aliphatic heterocycles. The smallest absolute Gasteiger partial charge is 0.251 e. The highest BCUT2D eigenvalue weighted by molar-refractivity contribution is 7.15. The first-order valence-corrected chi connectivity index (χ1v) is 14.5. The van der Waals surface area contributed by atoms with E-state index in [1.807, 2.05) is 18.2 Å². The number of amides is 1. The van der Waals surface area contributed by atoms with Crippen LogP contribution in [0, 0.1) is 13.8 Å². The van der Waals surface area contributed by atoms with Crippen molar-refractivity contribution in [1.82, 2.24) is 30.1 Å². The third kappa shape index (κ3) is 4.58. The number of thiazole rings is 1. The SMILES string of the molecule is CNC(=O)c1cccc(CCN2CCN(n3ncnc4c(-c5nc(C)c(C)s5)c5c(c3-4)CCCC5)CC2)c1. The molecular weight excluding hydrogens is 494 g/mol. The minimum Gasteiger partial charge on any atom is -0.355 e. The van der Waals surface area contributed by atoms with Crippen LogP contribution in [0.3, 0.4) is 0 Å². The first kappa shape index (κ1) is 25.0. The summed E-state index contributed by atoms with van der Waals surface area (Å²) in [4.78, 5) is 27.7. The van der Waals surface area contributed by atoms with Crippen LogP contribution in [-0.4, -0.2) is 70.4 Å². The molecule has 2 aromatic rings. The summed E-state index contributed by atoms with van der Waals surface area (Å²) in [5, 5.41) is 11.0. The number of carbonyl (C=O) groups excluding carboxylic acids is 1. The molecule has 1 saturated heterocycles. The molecule has 6 rings (SSSR count). The van der Waals surface area contributed by atoms with Gasteiger partial charge in [-0.05, 0) is 74.8 Å². The van der Waals surface area contributed by atoms with E-state index in [2.05, 4.69) is 39.9 Å². The zero-order valence-corrected chi connectivity index (χ0v) is 23.3. The number of aromatic nitrogens is 4. The Bertz CT molecular complexity index is 1410. The van der Waals surface area contributed by atoms with Gasteiger partial charge in [0.2, 0.25) is 0 Å². The molecule has 198 valence electrons. The number of benzene rings is 1. The van der Waals surface area contributed by atoms with Gasteiger partial charge in [0, 0.05) is 55.8 Å². The van der Waals surface area contributed by atoms with E-state index in [1.54, 1.807) is 24.7 Å². The van der Waals surface area contributed by atoms with Gasteiger partial charge in [-0.15, -0.1) is 16.4 Å². The van der Waals surface area contributed by atoms with Gasteiger partial charge in [0.15, 0.2) is 0 Å². The number of nitrogens with one attached hydrogen (secondary N) is 1. The van der Waals surface area contributed by atoms with Crippen LogP contribution in [0.1, 0.15) is 50.5 Å². The molecule has 1 amide bonds. The Hall–Kier alpha value is -3.30. The van der Waals surface area contributed by atoms with Crippen molar-refractivity contribution in [2.45, 2.75) is 46.0 Å². The Labute approximate surface area is 228 Å². The Morgan fingerprint density at radius 3 is 2.61 bits per heavy atom. The topological polar surface area (TPSA) is 79.2 Å². The van der Waals surface area contributed by atoms with E-state index in [0.717, 1.165) is 73.9 Å². The zero-order chi connectivity index (χ0) is 26.2. The zero-order valence-electron chi connectivity index (χ0n) is 22.5. The number of fused-ring (bicyclic) bond motifs is 3. The van der Waals surface area contributed by atoms with Gasteiger partial charge in [-0.1, -0.05) is 12.1 Å². The Morgan fingerprint density at radius 2 is 1.87 bits per heavy atom. The van der Waals surface area contributed by atoms with Crippen LogP contribution in [0.15, 0.2) is 30.6 Å². The largest absolute Gasteiger partial charge is 0.355 e. The number of carbonyl (C=O) groups is 1. The van der Waals surface area contributed by atoms with Crippen LogP contribution in [0.5, 0.6) is 0 Å². The number of hydrogen-bond donors (Lipinski definition) is 1. The van der Waals surface area contributed by atoms with Crippen LogP contribution in [-0.2, 0) is 19.3 Å². The van der Waals surface area contributed by atoms with Crippen molar-refractivity contribution >= 4 is 17.2 Å². The lowest BCUT2D eigenvalue weighted by atomic mass is 9.93. The van der Waals surface area contributed by atoms with Crippen molar-refractivity contribution in [1.29, 1.82) is 0 Å². The summed E-state index contributed by atoms with van der Waals surface area (Å²) >= 11 is 1.79. The van der Waals surface area contributed by atoms with Gasteiger partial charge < -0.3 is 5.32 Å². The van der Waals surface area contributed by atoms with Gasteiger partial charge in [0.05, 0.1) is 5.69 Å². The number of rotatable bonds is 6. The molecule has 2 aliphatic carbocycles. The van der Waals surface area contributed by atoms with E-state index < -0.39 is 0 Å². The van der Waals surface area contributed by atoms with Crippen molar-refractivity contribution in [3.8, 4) is 22.0 Å². The van der Waals surface area contributed by atoms with Gasteiger partial charge in [-0.3, -0.25) is 14.7 Å². The summed E-state index contributed by atoms with van der Waals surface area (Å²) in [6.07, 6.45) is 7.26. The normalized spacial score (nSPS) is 16.1. The molecule has 0 spiro atoms. The summed E-state index contributed by atoms with van der Waals surface area (Å²) in [5.74, 6) is -0.0355. The van der Waals surface area contributed by atoms with E-state index in [-0.39, 0.29) is 5.91 Å². The van der Waals surface area contributed by atoms with Crippen LogP contribution in [0.2, 0.25) is 0 Å². The fourth-order valence-corrected chi connectivity index (χ4v) is 6.84. The number of nitrogens with zero attached hydrogens (tertiary/aromatic N) is 6. The minimum absolute atomic E-state index is 0.0355. The Balaban J connectivity index is 1.20. The predicted octanol–water partition coefficient (Wildman–Crippen LogP) is 3.86. The first-order valence-electron chi connectivity index (χ1n) is 13.6. The summed E-state index contributed by atoms with van der Waals surface area (Å²) < 4.78 is 0. The second-order valence-corrected chi connectivity index (χ2v) is 11.6. The predicted molar refractivity (Wildman–Crippen MR) is 152 cm³/mol. The fourth-order valence-electron chi connectivity index (χ4n) is 5.85. The van der Waals surface area contributed by atoms with E-state index in [9.17, 15) is 4.79 Å². The Kier molecular flexibility index (Phi) is 6.88. The van der Waals surface area contributed by atoms with Crippen molar-refractivity contribution in [2.75, 3.05) is 44.8 Å². The molecule has 38 heavy (non-hydrogen) atoms. The van der Waals surface area contributed by atoms with Crippen LogP contribution >= 0.6 is 11.3 Å². The van der Waals surface area contributed by atoms with E-state index in [1.165, 1.54) is 45.7 Å². The van der Waals surface area contributed by atoms with E-state index in [4.69, 9.17) is 15.1 Å². The lowest BCUT2D eigenvalue weighted by Crippen LogP contribution is -2.52. The molecule has 9 heteroatoms. The van der Waals surface area contributed by atoms with Crippen LogP contribution in [0.25, 0.3) is 22.0 Å². The Morgan fingerprint density at radius 1 is 1.08 bits per heavy atom. The lowest BCUT2D eigenvalue weighted by molar-refractivity contribution is 0.0963. The molecule has 0 unspecified atom stereocenters. The highest BCUT2D eigenvalue weighted by Gasteiger charge is 2.33. The lowest BCUT2D eigenvalue weighted by Gasteiger charge is -2.37. The number of aryl methyl sites for hydroxylation is 2. The van der Waals surface area contributed by atoms with Gasteiger partial charge in [-0.25, -0.2) is 9.97 Å². The second-order valence-electron chi connectivity index (χ2n) is 10.4. The monoisotopic (exact) mass is 529 g/mol. The molecule has 4 aliphatic rings. The molecule has 8 nitrogen and oxygen atoms in total. The molecule has 0 saturated carbocycles. The van der Waals surface area contributed by atoms with Gasteiger partial charge in [-0.2, -0.15) is 4.79 Å². The average molecular weight is 530 g/mol. The average Bonchev–Trinajstić information content (AvgIpc) is 3.47. The molecule has 0 atom stereocenters. The van der Waals surface area contributed by atoms with Crippen LogP contribution in [0.4, 0.5) is 0 Å². The van der Waals surface area contributed by atoms with E-state index >= 15 is 0 Å². The summed E-state index contributed by atoms with van der Waals surface area (Å²) in [7, 11) is 1.67. The van der Waals surface area contributed by atoms with Crippen molar-refractivity contribution < 1.29 is 4.79 Å². The summed E-state index contributed by atoms with van der Waals surface area (Å²) in [6, 6.07) is 7.95. The van der Waals surface area contributed by atoms with Crippen LogP contribution < -0.4 is 10.3 Å². The molecule has 1 fully saturated rings.